The Balaban J connectivity index is 1.80. The van der Waals surface area contributed by atoms with Crippen molar-refractivity contribution < 1.29 is 19.8 Å². The molecule has 0 unspecified atom stereocenters. The molecule has 0 aromatic heterocycles. The fourth-order valence-corrected chi connectivity index (χ4v) is 4.32. The zero-order chi connectivity index (χ0) is 17.6. The van der Waals surface area contributed by atoms with Crippen molar-refractivity contribution in [3.63, 3.8) is 0 Å². The van der Waals surface area contributed by atoms with Crippen LogP contribution in [0.25, 0.3) is 0 Å². The standard InChI is InChI=1S/C16H24N4O4/c1-8-11(6-19-4-3-10(5-19)18-7-17)14(16(23)24)20-13(8)12(9(2)21)15(20)22/h7-10,12-13,21H,3-6H2,1-2H3,(H2,17,18)(H,23,24)/t8-,9+,10-,12-,13+/m0/s1. The van der Waals surface area contributed by atoms with Crippen LogP contribution in [0, 0.1) is 17.2 Å². The van der Waals surface area contributed by atoms with Gasteiger partial charge in [0.2, 0.25) is 5.91 Å². The molecule has 2 fully saturated rings. The smallest absolute Gasteiger partial charge is 0.352 e. The summed E-state index contributed by atoms with van der Waals surface area (Å²) in [5.41, 5.74) is 0.859. The fourth-order valence-electron chi connectivity index (χ4n) is 4.32. The molecule has 0 aromatic rings. The summed E-state index contributed by atoms with van der Waals surface area (Å²) in [5.74, 6) is -1.97. The Hall–Kier alpha value is -1.93. The summed E-state index contributed by atoms with van der Waals surface area (Å²) in [6.45, 7) is 5.60. The topological polar surface area (TPSA) is 117 Å². The van der Waals surface area contributed by atoms with Crippen LogP contribution in [0.15, 0.2) is 11.3 Å². The van der Waals surface area contributed by atoms with Gasteiger partial charge in [-0.1, -0.05) is 6.92 Å². The maximum absolute atomic E-state index is 12.3. The van der Waals surface area contributed by atoms with Crippen LogP contribution in [0.4, 0.5) is 0 Å². The Morgan fingerprint density at radius 3 is 2.83 bits per heavy atom. The van der Waals surface area contributed by atoms with Crippen molar-refractivity contribution in [2.75, 3.05) is 19.6 Å². The van der Waals surface area contributed by atoms with Crippen molar-refractivity contribution in [1.82, 2.24) is 15.1 Å². The largest absolute Gasteiger partial charge is 0.477 e. The first-order chi connectivity index (χ1) is 11.4. The number of aliphatic carboxylic acids is 1. The van der Waals surface area contributed by atoms with Crippen LogP contribution >= 0.6 is 0 Å². The number of carbonyl (C=O) groups is 2. The molecule has 0 spiro atoms. The third kappa shape index (κ3) is 2.50. The molecule has 3 rings (SSSR count). The van der Waals surface area contributed by atoms with Crippen LogP contribution in [0.1, 0.15) is 20.3 Å². The molecule has 5 atom stereocenters. The number of aliphatic hydroxyl groups is 1. The lowest BCUT2D eigenvalue weighted by molar-refractivity contribution is -0.163. The summed E-state index contributed by atoms with van der Waals surface area (Å²) in [7, 11) is 0. The average Bonchev–Trinajstić information content (AvgIpc) is 3.02. The summed E-state index contributed by atoms with van der Waals surface area (Å²) in [5, 5.41) is 29.5. The van der Waals surface area contributed by atoms with Crippen LogP contribution in [0.2, 0.25) is 0 Å². The van der Waals surface area contributed by atoms with Crippen molar-refractivity contribution in [3.8, 4) is 0 Å². The number of nitrogens with zero attached hydrogens (tertiary/aromatic N) is 2. The molecule has 1 amide bonds. The fraction of sp³-hybridized carbons (Fsp3) is 0.688. The molecular formula is C16H24N4O4. The van der Waals surface area contributed by atoms with E-state index in [-0.39, 0.29) is 29.6 Å². The van der Waals surface area contributed by atoms with Crippen LogP contribution in [0.3, 0.4) is 0 Å². The first kappa shape index (κ1) is 16.9. The van der Waals surface area contributed by atoms with E-state index in [9.17, 15) is 19.8 Å². The van der Waals surface area contributed by atoms with E-state index in [1.54, 1.807) is 6.92 Å². The van der Waals surface area contributed by atoms with Gasteiger partial charge in [0.15, 0.2) is 0 Å². The van der Waals surface area contributed by atoms with E-state index in [0.29, 0.717) is 6.54 Å². The van der Waals surface area contributed by atoms with Gasteiger partial charge >= 0.3 is 5.97 Å². The Kier molecular flexibility index (Phi) is 4.35. The molecule has 24 heavy (non-hydrogen) atoms. The van der Waals surface area contributed by atoms with Crippen molar-refractivity contribution in [2.24, 2.45) is 11.8 Å². The zero-order valence-electron chi connectivity index (χ0n) is 13.9. The molecule has 0 bridgehead atoms. The molecule has 3 aliphatic heterocycles. The molecule has 0 radical (unpaired) electrons. The second-order valence-corrected chi connectivity index (χ2v) is 6.96. The molecule has 0 aromatic carbocycles. The summed E-state index contributed by atoms with van der Waals surface area (Å²) in [6.07, 6.45) is 1.32. The summed E-state index contributed by atoms with van der Waals surface area (Å²) < 4.78 is 0. The number of likely N-dealkylation sites (tertiary alicyclic amines) is 1. The second-order valence-electron chi connectivity index (χ2n) is 6.96. The lowest BCUT2D eigenvalue weighted by Crippen LogP contribution is -2.63. The highest BCUT2D eigenvalue weighted by Gasteiger charge is 2.59. The number of nitrogens with one attached hydrogen (secondary N) is 2. The second kappa shape index (κ2) is 6.18. The predicted molar refractivity (Wildman–Crippen MR) is 86.4 cm³/mol. The third-order valence-electron chi connectivity index (χ3n) is 5.50. The predicted octanol–water partition coefficient (Wildman–Crippen LogP) is -0.546. The highest BCUT2D eigenvalue weighted by atomic mass is 16.4. The van der Waals surface area contributed by atoms with Gasteiger partial charge in [-0.2, -0.15) is 0 Å². The van der Waals surface area contributed by atoms with E-state index in [0.717, 1.165) is 25.1 Å². The van der Waals surface area contributed by atoms with Gasteiger partial charge in [-0.3, -0.25) is 15.1 Å². The van der Waals surface area contributed by atoms with Crippen molar-refractivity contribution in [1.29, 1.82) is 5.41 Å². The Bertz CT molecular complexity index is 603. The van der Waals surface area contributed by atoms with E-state index in [2.05, 4.69) is 10.2 Å². The molecule has 2 saturated heterocycles. The number of amides is 1. The molecule has 0 aliphatic carbocycles. The normalized spacial score (nSPS) is 34.1. The highest BCUT2D eigenvalue weighted by molar-refractivity contribution is 6.00. The molecule has 132 valence electrons. The first-order valence-electron chi connectivity index (χ1n) is 8.31. The molecule has 8 heteroatoms. The van der Waals surface area contributed by atoms with Gasteiger partial charge in [0.1, 0.15) is 5.70 Å². The molecule has 3 heterocycles. The number of rotatable bonds is 6. The van der Waals surface area contributed by atoms with E-state index in [1.165, 1.54) is 11.2 Å². The minimum atomic E-state index is -1.08. The van der Waals surface area contributed by atoms with Gasteiger partial charge in [-0.05, 0) is 18.9 Å². The third-order valence-corrected chi connectivity index (χ3v) is 5.50. The van der Waals surface area contributed by atoms with E-state index in [1.807, 2.05) is 6.92 Å². The Morgan fingerprint density at radius 1 is 1.54 bits per heavy atom. The monoisotopic (exact) mass is 336 g/mol. The summed E-state index contributed by atoms with van der Waals surface area (Å²) in [6, 6.07) is -0.0475. The maximum Gasteiger partial charge on any atom is 0.352 e. The molecule has 4 N–H and O–H groups in total. The number of hydrogen-bond acceptors (Lipinski definition) is 5. The highest BCUT2D eigenvalue weighted by Crippen LogP contribution is 2.47. The molecular weight excluding hydrogens is 312 g/mol. The first-order valence-corrected chi connectivity index (χ1v) is 8.31. The molecule has 8 nitrogen and oxygen atoms in total. The number of hydrogen-bond donors (Lipinski definition) is 4. The van der Waals surface area contributed by atoms with Gasteiger partial charge in [0.25, 0.3) is 0 Å². The van der Waals surface area contributed by atoms with Gasteiger partial charge in [-0.25, -0.2) is 4.79 Å². The van der Waals surface area contributed by atoms with Gasteiger partial charge < -0.3 is 20.4 Å². The van der Waals surface area contributed by atoms with Gasteiger partial charge in [-0.15, -0.1) is 0 Å². The van der Waals surface area contributed by atoms with Crippen molar-refractivity contribution >= 4 is 18.2 Å². The van der Waals surface area contributed by atoms with Crippen molar-refractivity contribution in [2.45, 2.75) is 38.5 Å². The average molecular weight is 336 g/mol. The van der Waals surface area contributed by atoms with Crippen molar-refractivity contribution in [3.05, 3.63) is 11.3 Å². The van der Waals surface area contributed by atoms with Crippen LogP contribution in [-0.4, -0.2) is 76.0 Å². The minimum absolute atomic E-state index is 0.0804. The number of aliphatic hydroxyl groups excluding tert-OH is 1. The number of carbonyl (C=O) groups excluding carboxylic acids is 1. The number of carboxylic acids is 1. The lowest BCUT2D eigenvalue weighted by Gasteiger charge is -2.46. The van der Waals surface area contributed by atoms with Crippen LogP contribution < -0.4 is 5.32 Å². The summed E-state index contributed by atoms with van der Waals surface area (Å²) >= 11 is 0. The molecule has 3 aliphatic rings. The minimum Gasteiger partial charge on any atom is -0.477 e. The van der Waals surface area contributed by atoms with E-state index >= 15 is 0 Å². The van der Waals surface area contributed by atoms with Gasteiger partial charge in [0.05, 0.1) is 24.4 Å². The van der Waals surface area contributed by atoms with E-state index < -0.39 is 18.0 Å². The van der Waals surface area contributed by atoms with Crippen LogP contribution in [0.5, 0.6) is 0 Å². The number of β-lactam (4-membered cyclic amide) rings is 1. The van der Waals surface area contributed by atoms with E-state index in [4.69, 9.17) is 5.41 Å². The maximum atomic E-state index is 12.3. The SMILES string of the molecule is C[C@@H](O)[C@@H]1C(=O)N2C(C(=O)O)=C(CN3CC[C@H](NC=N)C3)[C@H](C)[C@H]12. The number of fused-ring (bicyclic) bond motifs is 1. The number of carboxylic acid groups (broad SMARTS) is 1. The zero-order valence-corrected chi connectivity index (χ0v) is 13.9. The lowest BCUT2D eigenvalue weighted by atomic mass is 9.77. The quantitative estimate of drug-likeness (QED) is 0.294. The Morgan fingerprint density at radius 2 is 2.25 bits per heavy atom. The summed E-state index contributed by atoms with van der Waals surface area (Å²) in [4.78, 5) is 27.5. The Labute approximate surface area is 140 Å². The van der Waals surface area contributed by atoms with Crippen LogP contribution in [-0.2, 0) is 9.59 Å². The van der Waals surface area contributed by atoms with Gasteiger partial charge in [0, 0.05) is 31.6 Å². The molecule has 0 saturated carbocycles.